The van der Waals surface area contributed by atoms with Crippen LogP contribution in [-0.4, -0.2) is 4.92 Å². The van der Waals surface area contributed by atoms with Gasteiger partial charge in [0.2, 0.25) is 0 Å². The number of anilines is 2. The quantitative estimate of drug-likeness (QED) is 0.496. The lowest BCUT2D eigenvalue weighted by molar-refractivity contribution is -0.385. The largest absolute Gasteiger partial charge is 0.351 e. The van der Waals surface area contributed by atoms with Crippen LogP contribution in [0.2, 0.25) is 0 Å². The zero-order valence-corrected chi connectivity index (χ0v) is 11.5. The maximum absolute atomic E-state index is 13.4. The molecule has 98 valence electrons. The molecule has 7 heteroatoms. The molecule has 0 aliphatic rings. The minimum Gasteiger partial charge on any atom is -0.351 e. The fourth-order valence-corrected chi connectivity index (χ4v) is 2.21. The minimum absolute atomic E-state index is 0.0554. The number of para-hydroxylation sites is 1. The lowest BCUT2D eigenvalue weighted by atomic mass is 10.2. The van der Waals surface area contributed by atoms with Gasteiger partial charge in [-0.25, -0.2) is 8.78 Å². The van der Waals surface area contributed by atoms with Crippen LogP contribution in [0.1, 0.15) is 0 Å². The van der Waals surface area contributed by atoms with Crippen LogP contribution in [0.5, 0.6) is 0 Å². The second-order valence-corrected chi connectivity index (χ2v) is 4.81. The Morgan fingerprint density at radius 2 is 1.79 bits per heavy atom. The molecule has 0 radical (unpaired) electrons. The zero-order chi connectivity index (χ0) is 14.0. The monoisotopic (exact) mass is 376 g/mol. The molecule has 0 atom stereocenters. The van der Waals surface area contributed by atoms with Crippen molar-refractivity contribution in [1.82, 2.24) is 0 Å². The van der Waals surface area contributed by atoms with Crippen molar-refractivity contribution in [3.05, 3.63) is 61.7 Å². The van der Waals surface area contributed by atoms with Gasteiger partial charge in [-0.2, -0.15) is 0 Å². The van der Waals surface area contributed by atoms with E-state index in [2.05, 4.69) is 5.32 Å². The number of nitrogens with zero attached hydrogens (tertiary/aromatic N) is 1. The molecule has 0 unspecified atom stereocenters. The SMILES string of the molecule is O=[N+]([O-])c1ccc(Nc2c(F)cccc2F)cc1I. The van der Waals surface area contributed by atoms with Crippen LogP contribution in [0.4, 0.5) is 25.8 Å². The number of rotatable bonds is 3. The summed E-state index contributed by atoms with van der Waals surface area (Å²) >= 11 is 1.79. The van der Waals surface area contributed by atoms with Gasteiger partial charge < -0.3 is 5.32 Å². The number of nitro benzene ring substituents is 1. The highest BCUT2D eigenvalue weighted by Gasteiger charge is 2.13. The Labute approximate surface area is 120 Å². The predicted octanol–water partition coefficient (Wildman–Crippen LogP) is 4.22. The average Bonchev–Trinajstić information content (AvgIpc) is 2.33. The Kier molecular flexibility index (Phi) is 3.93. The van der Waals surface area contributed by atoms with Crippen molar-refractivity contribution in [2.75, 3.05) is 5.32 Å². The summed E-state index contributed by atoms with van der Waals surface area (Å²) in [5.41, 5.74) is 0.0336. The number of hydrogen-bond acceptors (Lipinski definition) is 3. The van der Waals surface area contributed by atoms with Gasteiger partial charge in [-0.1, -0.05) is 6.07 Å². The van der Waals surface area contributed by atoms with E-state index in [-0.39, 0.29) is 11.4 Å². The molecular formula is C12H7F2IN2O2. The van der Waals surface area contributed by atoms with E-state index in [0.29, 0.717) is 9.26 Å². The lowest BCUT2D eigenvalue weighted by Crippen LogP contribution is -1.98. The molecule has 0 saturated carbocycles. The van der Waals surface area contributed by atoms with Crippen LogP contribution in [0.25, 0.3) is 0 Å². The van der Waals surface area contributed by atoms with E-state index in [1.165, 1.54) is 24.3 Å². The van der Waals surface area contributed by atoms with Gasteiger partial charge in [-0.15, -0.1) is 0 Å². The van der Waals surface area contributed by atoms with Crippen molar-refractivity contribution < 1.29 is 13.7 Å². The number of nitrogens with one attached hydrogen (secondary N) is 1. The van der Waals surface area contributed by atoms with Crippen molar-refractivity contribution >= 4 is 39.7 Å². The standard InChI is InChI=1S/C12H7F2IN2O2/c13-8-2-1-3-9(14)12(8)16-7-4-5-11(17(18)19)10(15)6-7/h1-6,16H. The average molecular weight is 376 g/mol. The van der Waals surface area contributed by atoms with Gasteiger partial charge in [0.15, 0.2) is 0 Å². The van der Waals surface area contributed by atoms with Crippen LogP contribution in [0, 0.1) is 25.3 Å². The first-order chi connectivity index (χ1) is 8.99. The fourth-order valence-electron chi connectivity index (χ4n) is 1.49. The minimum atomic E-state index is -0.728. The molecule has 1 N–H and O–H groups in total. The summed E-state index contributed by atoms with van der Waals surface area (Å²) in [6.45, 7) is 0. The molecule has 0 aliphatic carbocycles. The number of nitro groups is 1. The smallest absolute Gasteiger partial charge is 0.282 e. The molecule has 0 saturated heterocycles. The van der Waals surface area contributed by atoms with E-state index < -0.39 is 16.6 Å². The highest BCUT2D eigenvalue weighted by atomic mass is 127. The van der Waals surface area contributed by atoms with E-state index in [0.717, 1.165) is 12.1 Å². The highest BCUT2D eigenvalue weighted by Crippen LogP contribution is 2.28. The summed E-state index contributed by atoms with van der Waals surface area (Å²) in [6, 6.07) is 7.64. The van der Waals surface area contributed by atoms with E-state index in [9.17, 15) is 18.9 Å². The van der Waals surface area contributed by atoms with Gasteiger partial charge in [0.05, 0.1) is 8.49 Å². The Morgan fingerprint density at radius 3 is 2.32 bits per heavy atom. The van der Waals surface area contributed by atoms with Crippen LogP contribution >= 0.6 is 22.6 Å². The summed E-state index contributed by atoms with van der Waals surface area (Å²) in [6.07, 6.45) is 0. The Balaban J connectivity index is 2.34. The van der Waals surface area contributed by atoms with Gasteiger partial charge in [0, 0.05) is 11.8 Å². The lowest BCUT2D eigenvalue weighted by Gasteiger charge is -2.09. The van der Waals surface area contributed by atoms with Gasteiger partial charge >= 0.3 is 0 Å². The molecule has 2 rings (SSSR count). The maximum atomic E-state index is 13.4. The van der Waals surface area contributed by atoms with Crippen molar-refractivity contribution in [2.45, 2.75) is 0 Å². The maximum Gasteiger partial charge on any atom is 0.282 e. The molecule has 0 fully saturated rings. The first-order valence-electron chi connectivity index (χ1n) is 5.14. The molecule has 19 heavy (non-hydrogen) atoms. The second-order valence-electron chi connectivity index (χ2n) is 3.64. The third-order valence-electron chi connectivity index (χ3n) is 2.38. The summed E-state index contributed by atoms with van der Waals surface area (Å²) < 4.78 is 27.2. The van der Waals surface area contributed by atoms with Crippen molar-refractivity contribution in [3.8, 4) is 0 Å². The Hall–Kier alpha value is -1.77. The van der Waals surface area contributed by atoms with E-state index >= 15 is 0 Å². The summed E-state index contributed by atoms with van der Waals surface area (Å²) in [5, 5.41) is 13.2. The third-order valence-corrected chi connectivity index (χ3v) is 3.24. The zero-order valence-electron chi connectivity index (χ0n) is 9.36. The summed E-state index contributed by atoms with van der Waals surface area (Å²) in [5.74, 6) is -1.46. The molecule has 0 spiro atoms. The van der Waals surface area contributed by atoms with Crippen molar-refractivity contribution in [1.29, 1.82) is 0 Å². The second kappa shape index (κ2) is 5.47. The Bertz CT molecular complexity index is 629. The van der Waals surface area contributed by atoms with E-state index in [1.54, 1.807) is 22.6 Å². The molecule has 4 nitrogen and oxygen atoms in total. The van der Waals surface area contributed by atoms with Crippen LogP contribution < -0.4 is 5.32 Å². The van der Waals surface area contributed by atoms with Gasteiger partial charge in [0.1, 0.15) is 17.3 Å². The molecule has 0 aromatic heterocycles. The van der Waals surface area contributed by atoms with Gasteiger partial charge in [-0.05, 0) is 46.9 Å². The first-order valence-corrected chi connectivity index (χ1v) is 6.22. The molecule has 0 aliphatic heterocycles. The normalized spacial score (nSPS) is 10.3. The summed E-state index contributed by atoms with van der Waals surface area (Å²) in [4.78, 5) is 10.1. The molecule has 0 amide bonds. The summed E-state index contributed by atoms with van der Waals surface area (Å²) in [7, 11) is 0. The fraction of sp³-hybridized carbons (Fsp3) is 0. The third kappa shape index (κ3) is 2.98. The molecule has 0 bridgehead atoms. The van der Waals surface area contributed by atoms with Crippen LogP contribution in [0.3, 0.4) is 0 Å². The number of benzene rings is 2. The molecular weight excluding hydrogens is 369 g/mol. The Morgan fingerprint density at radius 1 is 1.16 bits per heavy atom. The molecule has 0 heterocycles. The van der Waals surface area contributed by atoms with Gasteiger partial charge in [-0.3, -0.25) is 10.1 Å². The van der Waals surface area contributed by atoms with Crippen LogP contribution in [-0.2, 0) is 0 Å². The van der Waals surface area contributed by atoms with Gasteiger partial charge in [0.25, 0.3) is 5.69 Å². The van der Waals surface area contributed by atoms with E-state index in [4.69, 9.17) is 0 Å². The van der Waals surface area contributed by atoms with Crippen molar-refractivity contribution in [2.24, 2.45) is 0 Å². The predicted molar refractivity (Wildman–Crippen MR) is 75.5 cm³/mol. The van der Waals surface area contributed by atoms with Crippen LogP contribution in [0.15, 0.2) is 36.4 Å². The molecule has 2 aromatic rings. The molecule has 2 aromatic carbocycles. The van der Waals surface area contributed by atoms with E-state index in [1.807, 2.05) is 0 Å². The first kappa shape index (κ1) is 13.7. The topological polar surface area (TPSA) is 55.2 Å². The number of hydrogen-bond donors (Lipinski definition) is 1. The number of halogens is 3. The van der Waals surface area contributed by atoms with Crippen molar-refractivity contribution in [3.63, 3.8) is 0 Å². The highest BCUT2D eigenvalue weighted by molar-refractivity contribution is 14.1.